The van der Waals surface area contributed by atoms with Crippen molar-refractivity contribution in [2.45, 2.75) is 38.4 Å². The van der Waals surface area contributed by atoms with Crippen molar-refractivity contribution in [1.29, 1.82) is 0 Å². The number of carboxylic acids is 2. The van der Waals surface area contributed by atoms with Gasteiger partial charge in [0.2, 0.25) is 0 Å². The van der Waals surface area contributed by atoms with Crippen LogP contribution in [0.3, 0.4) is 0 Å². The maximum Gasteiger partial charge on any atom is 1.00 e. The molecule has 9 N–H and O–H groups in total. The Kier molecular flexibility index (Phi) is 20.3. The van der Waals surface area contributed by atoms with E-state index in [0.717, 1.165) is 24.6 Å². The van der Waals surface area contributed by atoms with Crippen molar-refractivity contribution >= 4 is 22.1 Å². The Morgan fingerprint density at radius 3 is 1.65 bits per heavy atom. The summed E-state index contributed by atoms with van der Waals surface area (Å²) in [6.07, 6.45) is 5.07. The quantitative estimate of drug-likeness (QED) is 0.183. The van der Waals surface area contributed by atoms with Crippen LogP contribution in [0.2, 0.25) is 0 Å². The SMILES string of the molecule is N.N.O=C(O)c1cc(CS(=O)(=O)O)cc(C(=O)O)c1.[CH2-]CCCCC.[Na+]. The van der Waals surface area contributed by atoms with Crippen LogP contribution in [0.4, 0.5) is 0 Å². The number of unbranched alkanes of at least 4 members (excludes halogenated alkanes) is 3. The number of hydrogen-bond acceptors (Lipinski definition) is 6. The first-order valence-electron chi connectivity index (χ1n) is 6.95. The van der Waals surface area contributed by atoms with Gasteiger partial charge in [0, 0.05) is 0 Å². The fourth-order valence-electron chi connectivity index (χ4n) is 1.66. The molecule has 0 aromatic heterocycles. The molecule has 26 heavy (non-hydrogen) atoms. The van der Waals surface area contributed by atoms with Gasteiger partial charge < -0.3 is 29.4 Å². The Hall–Kier alpha value is -1.01. The zero-order valence-electron chi connectivity index (χ0n) is 15.3. The van der Waals surface area contributed by atoms with Crippen LogP contribution in [-0.4, -0.2) is 35.1 Å². The number of benzene rings is 1. The molecule has 0 bridgehead atoms. The summed E-state index contributed by atoms with van der Waals surface area (Å²) in [4.78, 5) is 21.4. The Labute approximate surface area is 176 Å². The van der Waals surface area contributed by atoms with Gasteiger partial charge in [0.1, 0.15) is 5.75 Å². The molecule has 1 aromatic rings. The number of aromatic carboxylic acids is 2. The molecule has 0 fully saturated rings. The van der Waals surface area contributed by atoms with E-state index in [0.29, 0.717) is 0 Å². The van der Waals surface area contributed by atoms with Crippen LogP contribution in [-0.2, 0) is 15.9 Å². The van der Waals surface area contributed by atoms with Gasteiger partial charge in [-0.3, -0.25) is 4.55 Å². The molecular weight excluding hydrogens is 375 g/mol. The minimum absolute atomic E-state index is 0. The first-order chi connectivity index (χ1) is 10.6. The zero-order valence-corrected chi connectivity index (χ0v) is 18.1. The molecule has 146 valence electrons. The molecule has 0 heterocycles. The van der Waals surface area contributed by atoms with Crippen molar-refractivity contribution in [3.8, 4) is 0 Å². The minimum atomic E-state index is -4.35. The van der Waals surface area contributed by atoms with Crippen LogP contribution in [0, 0.1) is 6.92 Å². The number of carboxylic acid groups (broad SMARTS) is 2. The summed E-state index contributed by atoms with van der Waals surface area (Å²) >= 11 is 0. The van der Waals surface area contributed by atoms with Crippen LogP contribution in [0.25, 0.3) is 0 Å². The smallest absolute Gasteiger partial charge is 0.478 e. The molecule has 0 aliphatic carbocycles. The van der Waals surface area contributed by atoms with Crippen LogP contribution in [0.15, 0.2) is 18.2 Å². The third-order valence-corrected chi connectivity index (χ3v) is 3.39. The number of rotatable bonds is 7. The molecule has 0 atom stereocenters. The molecule has 0 saturated heterocycles. The van der Waals surface area contributed by atoms with E-state index in [9.17, 15) is 18.0 Å². The second kappa shape index (κ2) is 16.2. The van der Waals surface area contributed by atoms with Gasteiger partial charge >= 0.3 is 41.5 Å². The molecule has 1 rings (SSSR count). The Morgan fingerprint density at radius 2 is 1.42 bits per heavy atom. The van der Waals surface area contributed by atoms with Gasteiger partial charge in [-0.1, -0.05) is 26.2 Å². The second-order valence-corrected chi connectivity index (χ2v) is 6.27. The molecule has 11 heteroatoms. The van der Waals surface area contributed by atoms with E-state index in [2.05, 4.69) is 13.8 Å². The first kappa shape index (κ1) is 32.6. The van der Waals surface area contributed by atoms with Gasteiger partial charge in [-0.05, 0) is 23.8 Å². The molecule has 0 saturated carbocycles. The molecular formula is C15H27N2NaO7S. The normalized spacial score (nSPS) is 9.35. The molecule has 0 unspecified atom stereocenters. The van der Waals surface area contributed by atoms with Gasteiger partial charge in [0.15, 0.2) is 0 Å². The van der Waals surface area contributed by atoms with E-state index in [1.807, 2.05) is 0 Å². The summed E-state index contributed by atoms with van der Waals surface area (Å²) in [5, 5.41) is 17.4. The molecule has 1 aromatic carbocycles. The van der Waals surface area contributed by atoms with Gasteiger partial charge in [0.05, 0.1) is 11.1 Å². The summed E-state index contributed by atoms with van der Waals surface area (Å²) in [6, 6.07) is 2.88. The summed E-state index contributed by atoms with van der Waals surface area (Å²) in [7, 11) is -4.35. The van der Waals surface area contributed by atoms with Crippen LogP contribution < -0.4 is 41.9 Å². The molecule has 9 nitrogen and oxygen atoms in total. The van der Waals surface area contributed by atoms with Gasteiger partial charge in [-0.2, -0.15) is 14.8 Å². The monoisotopic (exact) mass is 402 g/mol. The fraction of sp³-hybridized carbons (Fsp3) is 0.400. The number of hydrogen-bond donors (Lipinski definition) is 5. The fourth-order valence-corrected chi connectivity index (χ4v) is 2.25. The molecule has 0 spiro atoms. The van der Waals surface area contributed by atoms with Crippen LogP contribution >= 0.6 is 0 Å². The minimum Gasteiger partial charge on any atom is -0.478 e. The molecule has 0 amide bonds. The predicted molar refractivity (Wildman–Crippen MR) is 95.2 cm³/mol. The summed E-state index contributed by atoms with van der Waals surface area (Å²) in [5.41, 5.74) is -0.822. The van der Waals surface area contributed by atoms with Gasteiger partial charge in [-0.25, -0.2) is 9.59 Å². The standard InChI is InChI=1S/C9H8O7S.C6H13.2H3N.Na/c10-8(11)6-1-5(4-17(14,15)16)2-7(3-6)9(12)13;1-3-5-6-4-2;;;/h1-3H,4H2,(H,10,11)(H,12,13)(H,14,15,16);1,3-6H2,2H3;2*1H3;/q;-1;;;+1. The van der Waals surface area contributed by atoms with Gasteiger partial charge in [-0.15, -0.1) is 0 Å². The van der Waals surface area contributed by atoms with E-state index < -0.39 is 27.8 Å². The van der Waals surface area contributed by atoms with Crippen LogP contribution in [0.5, 0.6) is 0 Å². The molecule has 0 aliphatic heterocycles. The van der Waals surface area contributed by atoms with E-state index in [1.54, 1.807) is 0 Å². The predicted octanol–water partition coefficient (Wildman–Crippen LogP) is 0.200. The first-order valence-corrected chi connectivity index (χ1v) is 8.56. The Balaban J connectivity index is -0.000000235. The van der Waals surface area contributed by atoms with Crippen molar-refractivity contribution in [2.24, 2.45) is 0 Å². The third-order valence-electron chi connectivity index (χ3n) is 2.69. The maximum absolute atomic E-state index is 10.7. The summed E-state index contributed by atoms with van der Waals surface area (Å²) in [6.45, 7) is 5.93. The molecule has 0 radical (unpaired) electrons. The average Bonchev–Trinajstić information content (AvgIpc) is 2.43. The van der Waals surface area contributed by atoms with Gasteiger partial charge in [0.25, 0.3) is 10.1 Å². The third kappa shape index (κ3) is 15.3. The van der Waals surface area contributed by atoms with E-state index in [4.69, 9.17) is 14.8 Å². The zero-order chi connectivity index (χ0) is 18.0. The topological polar surface area (TPSA) is 199 Å². The van der Waals surface area contributed by atoms with E-state index in [-0.39, 0.29) is 58.5 Å². The van der Waals surface area contributed by atoms with Crippen molar-refractivity contribution in [3.05, 3.63) is 41.8 Å². The van der Waals surface area contributed by atoms with Crippen molar-refractivity contribution in [3.63, 3.8) is 0 Å². The van der Waals surface area contributed by atoms with E-state index in [1.165, 1.54) is 19.3 Å². The van der Waals surface area contributed by atoms with Crippen molar-refractivity contribution in [1.82, 2.24) is 12.3 Å². The second-order valence-electron chi connectivity index (χ2n) is 4.82. The summed E-state index contributed by atoms with van der Waals surface area (Å²) in [5.74, 6) is -3.61. The summed E-state index contributed by atoms with van der Waals surface area (Å²) < 4.78 is 29.9. The van der Waals surface area contributed by atoms with E-state index >= 15 is 0 Å². The average molecular weight is 402 g/mol. The van der Waals surface area contributed by atoms with Crippen LogP contribution in [0.1, 0.15) is 58.9 Å². The Bertz CT molecular complexity index is 615. The number of carbonyl (C=O) groups is 2. The largest absolute Gasteiger partial charge is 1.00 e. The molecule has 0 aliphatic rings. The van der Waals surface area contributed by atoms with Crippen molar-refractivity contribution in [2.75, 3.05) is 0 Å². The maximum atomic E-state index is 10.7. The Morgan fingerprint density at radius 1 is 1.00 bits per heavy atom. The van der Waals surface area contributed by atoms with Crippen molar-refractivity contribution < 1.29 is 62.3 Å².